The molecule has 0 bridgehead atoms. The number of aliphatic hydroxyl groups excluding tert-OH is 1. The van der Waals surface area contributed by atoms with Crippen LogP contribution in [0.1, 0.15) is 25.7 Å². The van der Waals surface area contributed by atoms with Crippen molar-refractivity contribution in [3.8, 4) is 5.69 Å². The summed E-state index contributed by atoms with van der Waals surface area (Å²) >= 11 is 6.15. The molecule has 1 aromatic heterocycles. The van der Waals surface area contributed by atoms with E-state index in [1.807, 2.05) is 0 Å². The van der Waals surface area contributed by atoms with Crippen LogP contribution in [0.15, 0.2) is 35.3 Å². The van der Waals surface area contributed by atoms with Gasteiger partial charge in [-0.15, -0.1) is 0 Å². The highest BCUT2D eigenvalue weighted by Gasteiger charge is 2.23. The number of hydrogen-bond acceptors (Lipinski definition) is 6. The van der Waals surface area contributed by atoms with Crippen LogP contribution in [0.25, 0.3) is 5.69 Å². The van der Waals surface area contributed by atoms with Crippen LogP contribution >= 0.6 is 11.6 Å². The molecular formula is C17H19ClN4O4. The first-order valence-corrected chi connectivity index (χ1v) is 8.80. The van der Waals surface area contributed by atoms with E-state index in [9.17, 15) is 20.0 Å². The number of non-ortho nitro benzene ring substituents is 1. The second-order valence-electron chi connectivity index (χ2n) is 6.36. The molecule has 0 aliphatic heterocycles. The zero-order valence-corrected chi connectivity index (χ0v) is 14.7. The van der Waals surface area contributed by atoms with E-state index in [1.165, 1.54) is 30.5 Å². The first-order valence-electron chi connectivity index (χ1n) is 8.42. The third-order valence-electron chi connectivity index (χ3n) is 4.67. The van der Waals surface area contributed by atoms with E-state index in [1.54, 1.807) is 0 Å². The average Bonchev–Trinajstić information content (AvgIpc) is 3.17. The molecule has 9 heteroatoms. The highest BCUT2D eigenvalue weighted by atomic mass is 35.5. The Hall–Kier alpha value is -2.45. The molecule has 1 atom stereocenters. The maximum absolute atomic E-state index is 12.4. The monoisotopic (exact) mass is 378 g/mol. The van der Waals surface area contributed by atoms with Gasteiger partial charge in [0.1, 0.15) is 5.02 Å². The van der Waals surface area contributed by atoms with Gasteiger partial charge in [-0.05, 0) is 30.9 Å². The fourth-order valence-electron chi connectivity index (χ4n) is 3.18. The Bertz CT molecular complexity index is 847. The zero-order chi connectivity index (χ0) is 18.7. The Balaban J connectivity index is 1.75. The molecule has 8 nitrogen and oxygen atoms in total. The van der Waals surface area contributed by atoms with Crippen LogP contribution in [0.5, 0.6) is 0 Å². The average molecular weight is 379 g/mol. The van der Waals surface area contributed by atoms with E-state index < -0.39 is 16.6 Å². The number of nitro benzene ring substituents is 1. The number of anilines is 1. The lowest BCUT2D eigenvalue weighted by molar-refractivity contribution is -0.384. The van der Waals surface area contributed by atoms with Crippen molar-refractivity contribution in [2.75, 3.05) is 11.9 Å². The van der Waals surface area contributed by atoms with E-state index in [0.29, 0.717) is 17.9 Å². The van der Waals surface area contributed by atoms with Gasteiger partial charge in [0.05, 0.1) is 28.6 Å². The lowest BCUT2D eigenvalue weighted by Crippen LogP contribution is -2.28. The molecule has 1 aromatic carbocycles. The van der Waals surface area contributed by atoms with Gasteiger partial charge >= 0.3 is 0 Å². The summed E-state index contributed by atoms with van der Waals surface area (Å²) in [5.74, 6) is 0.273. The van der Waals surface area contributed by atoms with E-state index in [2.05, 4.69) is 10.4 Å². The molecule has 1 aliphatic carbocycles. The first kappa shape index (κ1) is 18.3. The number of halogens is 1. The molecule has 1 heterocycles. The minimum atomic E-state index is -0.541. The van der Waals surface area contributed by atoms with E-state index in [4.69, 9.17) is 11.6 Å². The minimum absolute atomic E-state index is 0.0445. The molecule has 26 heavy (non-hydrogen) atoms. The number of aliphatic hydroxyl groups is 1. The van der Waals surface area contributed by atoms with Crippen molar-refractivity contribution < 1.29 is 10.0 Å². The zero-order valence-electron chi connectivity index (χ0n) is 14.0. The van der Waals surface area contributed by atoms with E-state index in [-0.39, 0.29) is 16.6 Å². The summed E-state index contributed by atoms with van der Waals surface area (Å²) in [4.78, 5) is 22.6. The van der Waals surface area contributed by atoms with Crippen LogP contribution in [0, 0.1) is 16.0 Å². The molecular weight excluding hydrogens is 360 g/mol. The van der Waals surface area contributed by atoms with Gasteiger partial charge in [-0.25, -0.2) is 0 Å². The fourth-order valence-corrected chi connectivity index (χ4v) is 3.37. The summed E-state index contributed by atoms with van der Waals surface area (Å²) in [5, 5.41) is 27.9. The molecule has 1 saturated carbocycles. The normalized spacial score (nSPS) is 15.8. The van der Waals surface area contributed by atoms with Crippen LogP contribution in [-0.4, -0.2) is 32.5 Å². The van der Waals surface area contributed by atoms with Crippen LogP contribution in [0.4, 0.5) is 11.4 Å². The van der Waals surface area contributed by atoms with E-state index >= 15 is 0 Å². The molecule has 0 spiro atoms. The van der Waals surface area contributed by atoms with Crippen molar-refractivity contribution in [3.05, 3.63) is 56.0 Å². The van der Waals surface area contributed by atoms with Crippen LogP contribution in [-0.2, 0) is 0 Å². The number of aromatic nitrogens is 2. The van der Waals surface area contributed by atoms with Gasteiger partial charge in [-0.1, -0.05) is 24.4 Å². The predicted molar refractivity (Wildman–Crippen MR) is 98.0 cm³/mol. The standard InChI is InChI=1S/C17H19ClN4O4/c18-16-14(19-10-15(23)11-3-1-2-4-11)9-20-21(17(16)24)12-5-7-13(8-6-12)22(25)26/h5-9,11,15,19,23H,1-4,10H2. The van der Waals surface area contributed by atoms with Crippen LogP contribution in [0.3, 0.4) is 0 Å². The minimum Gasteiger partial charge on any atom is -0.391 e. The molecule has 2 aromatic rings. The van der Waals surface area contributed by atoms with Gasteiger partial charge in [0.25, 0.3) is 11.2 Å². The predicted octanol–water partition coefficient (Wildman–Crippen LogP) is 2.76. The largest absolute Gasteiger partial charge is 0.391 e. The van der Waals surface area contributed by atoms with Crippen molar-refractivity contribution >= 4 is 23.0 Å². The Morgan fingerprint density at radius 2 is 2.00 bits per heavy atom. The molecule has 138 valence electrons. The fraction of sp³-hybridized carbons (Fsp3) is 0.412. The lowest BCUT2D eigenvalue weighted by atomic mass is 10.0. The van der Waals surface area contributed by atoms with Gasteiger partial charge in [-0.2, -0.15) is 9.78 Å². The second-order valence-corrected chi connectivity index (χ2v) is 6.73. The van der Waals surface area contributed by atoms with E-state index in [0.717, 1.165) is 30.4 Å². The summed E-state index contributed by atoms with van der Waals surface area (Å²) in [6.07, 6.45) is 5.20. The molecule has 0 amide bonds. The molecule has 0 saturated heterocycles. The number of nitrogens with zero attached hydrogens (tertiary/aromatic N) is 3. The number of nitrogens with one attached hydrogen (secondary N) is 1. The second kappa shape index (κ2) is 7.84. The molecule has 0 radical (unpaired) electrons. The highest BCUT2D eigenvalue weighted by molar-refractivity contribution is 6.32. The van der Waals surface area contributed by atoms with Gasteiger partial charge in [0, 0.05) is 18.7 Å². The van der Waals surface area contributed by atoms with Crippen LogP contribution in [0.2, 0.25) is 5.02 Å². The van der Waals surface area contributed by atoms with Crippen LogP contribution < -0.4 is 10.9 Å². The molecule has 1 aliphatic rings. The summed E-state index contributed by atoms with van der Waals surface area (Å²) in [7, 11) is 0. The Kier molecular flexibility index (Phi) is 5.53. The van der Waals surface area contributed by atoms with Gasteiger partial charge in [0.15, 0.2) is 0 Å². The topological polar surface area (TPSA) is 110 Å². The van der Waals surface area contributed by atoms with Gasteiger partial charge < -0.3 is 10.4 Å². The Labute approximate surface area is 154 Å². The van der Waals surface area contributed by atoms with Gasteiger partial charge in [-0.3, -0.25) is 14.9 Å². The number of rotatable bonds is 6. The third-order valence-corrected chi connectivity index (χ3v) is 5.03. The summed E-state index contributed by atoms with van der Waals surface area (Å²) in [6, 6.07) is 5.45. The Morgan fingerprint density at radius 1 is 1.35 bits per heavy atom. The SMILES string of the molecule is O=c1c(Cl)c(NCC(O)C2CCCC2)cnn1-c1ccc([N+](=O)[O-])cc1. The molecule has 3 rings (SSSR count). The third kappa shape index (κ3) is 3.86. The maximum atomic E-state index is 12.4. The highest BCUT2D eigenvalue weighted by Crippen LogP contribution is 2.28. The van der Waals surface area contributed by atoms with Crippen molar-refractivity contribution in [1.82, 2.24) is 9.78 Å². The van der Waals surface area contributed by atoms with Crippen molar-refractivity contribution in [2.45, 2.75) is 31.8 Å². The Morgan fingerprint density at radius 3 is 2.62 bits per heavy atom. The molecule has 2 N–H and O–H groups in total. The smallest absolute Gasteiger partial charge is 0.292 e. The lowest BCUT2D eigenvalue weighted by Gasteiger charge is -2.19. The summed E-state index contributed by atoms with van der Waals surface area (Å²) in [5.41, 5.74) is 0.111. The molecule has 1 fully saturated rings. The maximum Gasteiger partial charge on any atom is 0.292 e. The number of benzene rings is 1. The summed E-state index contributed by atoms with van der Waals surface area (Å²) < 4.78 is 1.07. The number of nitro groups is 1. The molecule has 1 unspecified atom stereocenters. The quantitative estimate of drug-likeness (QED) is 0.590. The van der Waals surface area contributed by atoms with Crippen molar-refractivity contribution in [3.63, 3.8) is 0 Å². The van der Waals surface area contributed by atoms with Crippen molar-refractivity contribution in [2.24, 2.45) is 5.92 Å². The van der Waals surface area contributed by atoms with Crippen molar-refractivity contribution in [1.29, 1.82) is 0 Å². The first-order chi connectivity index (χ1) is 12.5. The van der Waals surface area contributed by atoms with Gasteiger partial charge in [0.2, 0.25) is 0 Å². The summed E-state index contributed by atoms with van der Waals surface area (Å²) in [6.45, 7) is 0.299. The number of hydrogen-bond donors (Lipinski definition) is 2.